The third kappa shape index (κ3) is 13.8. The van der Waals surface area contributed by atoms with E-state index in [1.807, 2.05) is 48.5 Å². The number of benzene rings is 4. The van der Waals surface area contributed by atoms with E-state index in [1.54, 1.807) is 0 Å². The van der Waals surface area contributed by atoms with E-state index in [0.717, 1.165) is 44.5 Å². The molecule has 0 radical (unpaired) electrons. The molecule has 18 heteroatoms. The maximum absolute atomic E-state index is 13.0. The number of unbranched alkanes of at least 4 members (excludes halogenated alkanes) is 2. The molecule has 6 rings (SSSR count). The minimum absolute atomic E-state index is 0.0525. The number of nitrogens with one attached hydrogen (secondary N) is 4. The average molecular weight is 969 g/mol. The van der Waals surface area contributed by atoms with Crippen LogP contribution in [0.25, 0.3) is 22.3 Å². The van der Waals surface area contributed by atoms with Gasteiger partial charge in [-0.1, -0.05) is 119 Å². The number of alkyl carbamates (subject to hydrolysis) is 2. The van der Waals surface area contributed by atoms with Gasteiger partial charge in [0.05, 0.1) is 26.3 Å². The summed E-state index contributed by atoms with van der Waals surface area (Å²) in [6.45, 7) is 1.01. The highest BCUT2D eigenvalue weighted by Gasteiger charge is 2.31. The fraction of sp³-hybridized carbons (Fsp3) is 0.400. The second-order valence-electron chi connectivity index (χ2n) is 16.4. The highest BCUT2D eigenvalue weighted by Crippen LogP contribution is 2.45. The van der Waals surface area contributed by atoms with E-state index >= 15 is 0 Å². The molecule has 2 aliphatic carbocycles. The normalized spacial score (nSPS) is 14.1. The molecule has 8 N–H and O–H groups in total. The number of methoxy groups -OCH3 is 2. The van der Waals surface area contributed by atoms with Gasteiger partial charge in [-0.25, -0.2) is 19.2 Å². The minimum Gasteiger partial charge on any atom is -0.467 e. The maximum Gasteiger partial charge on any atom is 0.407 e. The number of hydrogen-bond donors (Lipinski definition) is 6. The zero-order chi connectivity index (χ0) is 48.4. The van der Waals surface area contributed by atoms with Crippen LogP contribution in [0.4, 0.5) is 9.59 Å². The Hall–Kier alpha value is -6.08. The Labute approximate surface area is 404 Å². The summed E-state index contributed by atoms with van der Waals surface area (Å²) in [6.07, 6.45) is 1.45. The topological polar surface area (TPSA) is 239 Å². The van der Waals surface area contributed by atoms with Crippen LogP contribution in [0.2, 0.25) is 0 Å². The first kappa shape index (κ1) is 51.3. The first-order valence-electron chi connectivity index (χ1n) is 22.7. The molecular weight excluding hydrogens is 909 g/mol. The summed E-state index contributed by atoms with van der Waals surface area (Å²) in [5, 5.41) is 10.8. The smallest absolute Gasteiger partial charge is 0.407 e. The highest BCUT2D eigenvalue weighted by molar-refractivity contribution is 8.76. The van der Waals surface area contributed by atoms with Crippen LogP contribution < -0.4 is 32.7 Å². The van der Waals surface area contributed by atoms with Crippen molar-refractivity contribution >= 4 is 57.5 Å². The Morgan fingerprint density at radius 1 is 0.515 bits per heavy atom. The molecule has 0 bridgehead atoms. The summed E-state index contributed by atoms with van der Waals surface area (Å²) in [5.41, 5.74) is 21.3. The van der Waals surface area contributed by atoms with Gasteiger partial charge in [0, 0.05) is 36.4 Å². The van der Waals surface area contributed by atoms with Crippen LogP contribution in [0.15, 0.2) is 97.1 Å². The fourth-order valence-electron chi connectivity index (χ4n) is 8.36. The Morgan fingerprint density at radius 2 is 0.838 bits per heavy atom. The lowest BCUT2D eigenvalue weighted by atomic mass is 9.98. The monoisotopic (exact) mass is 968 g/mol. The zero-order valence-electron chi connectivity index (χ0n) is 38.2. The van der Waals surface area contributed by atoms with Gasteiger partial charge in [-0.05, 0) is 83.0 Å². The third-order valence-corrected chi connectivity index (χ3v) is 14.4. The highest BCUT2D eigenvalue weighted by atomic mass is 33.1. The second kappa shape index (κ2) is 25.9. The van der Waals surface area contributed by atoms with E-state index < -0.39 is 60.1 Å². The molecule has 362 valence electrons. The molecule has 0 saturated carbocycles. The summed E-state index contributed by atoms with van der Waals surface area (Å²) in [7, 11) is 4.92. The van der Waals surface area contributed by atoms with Crippen LogP contribution in [0, 0.1) is 0 Å². The summed E-state index contributed by atoms with van der Waals surface area (Å²) >= 11 is 0. The minimum atomic E-state index is -0.984. The number of carbonyl (C=O) groups excluding carboxylic acids is 6. The molecule has 0 heterocycles. The van der Waals surface area contributed by atoms with Crippen molar-refractivity contribution in [2.75, 3.05) is 52.0 Å². The van der Waals surface area contributed by atoms with Gasteiger partial charge in [0.15, 0.2) is 0 Å². The number of amides is 4. The number of rotatable bonds is 25. The van der Waals surface area contributed by atoms with E-state index in [0.29, 0.717) is 38.8 Å². The van der Waals surface area contributed by atoms with Crippen molar-refractivity contribution in [2.24, 2.45) is 11.5 Å². The van der Waals surface area contributed by atoms with Crippen LogP contribution >= 0.6 is 21.6 Å². The molecule has 4 aromatic carbocycles. The number of carbonyl (C=O) groups is 6. The van der Waals surface area contributed by atoms with E-state index in [9.17, 15) is 28.8 Å². The van der Waals surface area contributed by atoms with Gasteiger partial charge in [0.2, 0.25) is 11.8 Å². The molecule has 0 aromatic heterocycles. The molecular formula is C50H60N6O10S2. The molecule has 0 spiro atoms. The van der Waals surface area contributed by atoms with Gasteiger partial charge in [-0.2, -0.15) is 0 Å². The van der Waals surface area contributed by atoms with Crippen LogP contribution in [-0.2, 0) is 38.1 Å². The number of hydrogen-bond acceptors (Lipinski definition) is 14. The molecule has 0 unspecified atom stereocenters. The molecule has 0 saturated heterocycles. The largest absolute Gasteiger partial charge is 0.467 e. The van der Waals surface area contributed by atoms with Crippen molar-refractivity contribution in [1.82, 2.24) is 21.3 Å². The summed E-state index contributed by atoms with van der Waals surface area (Å²) in [5.74, 6) is -2.15. The lowest BCUT2D eigenvalue weighted by Gasteiger charge is -2.20. The Bertz CT molecular complexity index is 2130. The third-order valence-electron chi connectivity index (χ3n) is 11.9. The van der Waals surface area contributed by atoms with Crippen molar-refractivity contribution < 1.29 is 47.7 Å². The van der Waals surface area contributed by atoms with E-state index in [2.05, 4.69) is 69.8 Å². The molecule has 4 amide bonds. The molecule has 4 atom stereocenters. The van der Waals surface area contributed by atoms with E-state index in [4.69, 9.17) is 30.4 Å². The maximum atomic E-state index is 13.0. The van der Waals surface area contributed by atoms with E-state index in [-0.39, 0.29) is 49.4 Å². The van der Waals surface area contributed by atoms with Gasteiger partial charge in [0.25, 0.3) is 0 Å². The molecule has 4 aromatic rings. The second-order valence-corrected chi connectivity index (χ2v) is 19.0. The van der Waals surface area contributed by atoms with Crippen molar-refractivity contribution in [2.45, 2.75) is 74.5 Å². The SMILES string of the molecule is COC(=O)[C@H](CCCCNC(=O)OCC1c2ccccc2-c2ccccc21)NC(=O)[C@@H](N)CSSC[C@H](N)C(=O)N[C@@H](CCCCNC(=O)OCC1c2ccccc2-c2ccccc21)C(=O)OC. The zero-order valence-corrected chi connectivity index (χ0v) is 39.9. The number of esters is 2. The number of ether oxygens (including phenoxy) is 4. The fourth-order valence-corrected chi connectivity index (χ4v) is 10.6. The quantitative estimate of drug-likeness (QED) is 0.0201. The van der Waals surface area contributed by atoms with Crippen molar-refractivity contribution in [3.63, 3.8) is 0 Å². The Kier molecular flexibility index (Phi) is 19.5. The molecule has 68 heavy (non-hydrogen) atoms. The van der Waals surface area contributed by atoms with Crippen LogP contribution in [0.3, 0.4) is 0 Å². The summed E-state index contributed by atoms with van der Waals surface area (Å²) < 4.78 is 21.0. The van der Waals surface area contributed by atoms with Gasteiger partial charge in [-0.3, -0.25) is 9.59 Å². The first-order chi connectivity index (χ1) is 33.0. The molecule has 16 nitrogen and oxygen atoms in total. The van der Waals surface area contributed by atoms with Gasteiger partial charge in [0.1, 0.15) is 25.3 Å². The molecule has 0 fully saturated rings. The number of fused-ring (bicyclic) bond motifs is 6. The van der Waals surface area contributed by atoms with E-state index in [1.165, 1.54) is 35.8 Å². The van der Waals surface area contributed by atoms with Crippen molar-refractivity contribution in [1.29, 1.82) is 0 Å². The Balaban J connectivity index is 0.818. The van der Waals surface area contributed by atoms with Crippen LogP contribution in [-0.4, -0.2) is 112 Å². The predicted molar refractivity (Wildman–Crippen MR) is 263 cm³/mol. The summed E-state index contributed by atoms with van der Waals surface area (Å²) in [4.78, 5) is 76.1. The van der Waals surface area contributed by atoms with Crippen LogP contribution in [0.1, 0.15) is 72.6 Å². The molecule has 0 aliphatic heterocycles. The molecule has 2 aliphatic rings. The average Bonchev–Trinajstić information content (AvgIpc) is 3.86. The van der Waals surface area contributed by atoms with Gasteiger partial charge in [-0.15, -0.1) is 0 Å². The van der Waals surface area contributed by atoms with Gasteiger partial charge < -0.3 is 51.7 Å². The van der Waals surface area contributed by atoms with Crippen LogP contribution in [0.5, 0.6) is 0 Å². The van der Waals surface area contributed by atoms with Gasteiger partial charge >= 0.3 is 24.1 Å². The Morgan fingerprint density at radius 3 is 1.16 bits per heavy atom. The lowest BCUT2D eigenvalue weighted by Crippen LogP contribution is -2.50. The standard InChI is InChI=1S/C50H60N6O10S2/c1-63-47(59)43(23-11-13-25-53-49(61)65-27-39-35-19-7-3-15-31(35)32-16-4-8-20-36(32)39)55-45(57)41(51)29-67-68-30-42(52)46(58)56-44(48(60)64-2)24-12-14-26-54-50(62)66-28-40-37-21-9-5-17-33(37)34-18-6-10-22-38(34)40/h3-10,15-22,39-44H,11-14,23-30,51-52H2,1-2H3,(H,53,61)(H,54,62)(H,55,57)(H,56,58)/t41-,42-,43-,44-/m0/s1. The van der Waals surface area contributed by atoms with Crippen molar-refractivity contribution in [3.8, 4) is 22.3 Å². The first-order valence-corrected chi connectivity index (χ1v) is 25.2. The number of nitrogens with two attached hydrogens (primary N) is 2. The summed E-state index contributed by atoms with van der Waals surface area (Å²) in [6, 6.07) is 28.5. The lowest BCUT2D eigenvalue weighted by molar-refractivity contribution is -0.145. The van der Waals surface area contributed by atoms with Crippen molar-refractivity contribution in [3.05, 3.63) is 119 Å². The predicted octanol–water partition coefficient (Wildman–Crippen LogP) is 5.76.